The quantitative estimate of drug-likeness (QED) is 0.871. The Balaban J connectivity index is 2.09. The van der Waals surface area contributed by atoms with E-state index < -0.39 is 5.82 Å². The molecule has 0 spiro atoms. The average Bonchev–Trinajstić information content (AvgIpc) is 2.49. The monoisotopic (exact) mass is 348 g/mol. The van der Waals surface area contributed by atoms with Crippen molar-refractivity contribution < 1.29 is 9.50 Å². The molecule has 0 aromatic heterocycles. The number of aliphatic hydroxyl groups excluding tert-OH is 1. The third-order valence-corrected chi connectivity index (χ3v) is 3.65. The van der Waals surface area contributed by atoms with Crippen molar-refractivity contribution in [2.24, 2.45) is 0 Å². The van der Waals surface area contributed by atoms with Crippen LogP contribution in [0.2, 0.25) is 0 Å². The van der Waals surface area contributed by atoms with Gasteiger partial charge in [-0.15, -0.1) is 0 Å². The molecule has 0 amide bonds. The maximum atomic E-state index is 13.8. The van der Waals surface area contributed by atoms with Crippen LogP contribution < -0.4 is 5.32 Å². The fourth-order valence-corrected chi connectivity index (χ4v) is 2.42. The lowest BCUT2D eigenvalue weighted by Crippen LogP contribution is -2.24. The van der Waals surface area contributed by atoms with Gasteiger partial charge in [0.1, 0.15) is 5.82 Å². The minimum atomic E-state index is -0.424. The summed E-state index contributed by atoms with van der Waals surface area (Å²) in [5.41, 5.74) is 1.67. The lowest BCUT2D eigenvalue weighted by molar-refractivity contribution is 0.243. The van der Waals surface area contributed by atoms with Gasteiger partial charge in [0.25, 0.3) is 0 Å². The Kier molecular flexibility index (Phi) is 5.45. The molecule has 1 atom stereocenters. The van der Waals surface area contributed by atoms with Gasteiger partial charge in [-0.3, -0.25) is 0 Å². The average molecular weight is 349 g/mol. The number of rotatable bonds is 5. The van der Waals surface area contributed by atoms with Gasteiger partial charge >= 0.3 is 0 Å². The van der Waals surface area contributed by atoms with Crippen LogP contribution >= 0.6 is 15.9 Å². The van der Waals surface area contributed by atoms with E-state index in [1.54, 1.807) is 12.1 Å². The first-order valence-corrected chi connectivity index (χ1v) is 7.21. The zero-order chi connectivity index (χ0) is 15.2. The maximum Gasteiger partial charge on any atom is 0.129 e. The van der Waals surface area contributed by atoms with Crippen molar-refractivity contribution in [3.8, 4) is 6.07 Å². The summed E-state index contributed by atoms with van der Waals surface area (Å²) < 4.78 is 14.7. The third kappa shape index (κ3) is 4.11. The normalized spacial score (nSPS) is 11.9. The van der Waals surface area contributed by atoms with Crippen LogP contribution in [0.5, 0.6) is 0 Å². The second kappa shape index (κ2) is 7.32. The van der Waals surface area contributed by atoms with Gasteiger partial charge in [-0.05, 0) is 29.8 Å². The molecule has 0 heterocycles. The highest BCUT2D eigenvalue weighted by Crippen LogP contribution is 2.19. The van der Waals surface area contributed by atoms with Crippen molar-refractivity contribution in [1.82, 2.24) is 5.32 Å². The number of aliphatic hydroxyl groups is 1. The fraction of sp³-hybridized carbons (Fsp3) is 0.188. The van der Waals surface area contributed by atoms with Crippen molar-refractivity contribution >= 4 is 15.9 Å². The third-order valence-electron chi connectivity index (χ3n) is 3.15. The molecule has 0 aliphatic carbocycles. The molecule has 0 radical (unpaired) electrons. The van der Waals surface area contributed by atoms with Crippen molar-refractivity contribution in [2.45, 2.75) is 12.6 Å². The van der Waals surface area contributed by atoms with Crippen molar-refractivity contribution in [3.05, 3.63) is 69.4 Å². The van der Waals surface area contributed by atoms with Gasteiger partial charge in [0.15, 0.2) is 0 Å². The van der Waals surface area contributed by atoms with E-state index in [2.05, 4.69) is 21.2 Å². The van der Waals surface area contributed by atoms with Gasteiger partial charge in [-0.1, -0.05) is 34.1 Å². The maximum absolute atomic E-state index is 13.8. The predicted octanol–water partition coefficient (Wildman–Crippen LogP) is 3.28. The highest BCUT2D eigenvalue weighted by Gasteiger charge is 2.11. The topological polar surface area (TPSA) is 56.0 Å². The highest BCUT2D eigenvalue weighted by atomic mass is 79.9. The number of nitrogens with zero attached hydrogens (tertiary/aromatic N) is 1. The Morgan fingerprint density at radius 2 is 2.10 bits per heavy atom. The summed E-state index contributed by atoms with van der Waals surface area (Å²) in [5.74, 6) is -0.424. The van der Waals surface area contributed by atoms with Crippen LogP contribution in [0.3, 0.4) is 0 Å². The lowest BCUT2D eigenvalue weighted by Gasteiger charge is -2.17. The molecule has 0 fully saturated rings. The molecule has 2 N–H and O–H groups in total. The summed E-state index contributed by atoms with van der Waals surface area (Å²) in [7, 11) is 0. The molecule has 2 aromatic carbocycles. The minimum Gasteiger partial charge on any atom is -0.394 e. The molecule has 2 aromatic rings. The Labute approximate surface area is 131 Å². The first-order valence-electron chi connectivity index (χ1n) is 6.42. The fourth-order valence-electron chi connectivity index (χ4n) is 2.00. The number of hydrogen-bond donors (Lipinski definition) is 2. The molecule has 0 bridgehead atoms. The smallest absolute Gasteiger partial charge is 0.129 e. The second-order valence-electron chi connectivity index (χ2n) is 4.59. The summed E-state index contributed by atoms with van der Waals surface area (Å²) in [6.07, 6.45) is 0. The van der Waals surface area contributed by atoms with E-state index in [4.69, 9.17) is 5.26 Å². The molecule has 1 unspecified atom stereocenters. The summed E-state index contributed by atoms with van der Waals surface area (Å²) >= 11 is 3.38. The SMILES string of the molecule is N#Cc1ccc(CNC(CO)c2cccc(Br)c2)c(F)c1. The van der Waals surface area contributed by atoms with Crippen LogP contribution in [-0.4, -0.2) is 11.7 Å². The molecular formula is C16H14BrFN2O. The van der Waals surface area contributed by atoms with Gasteiger partial charge in [0.05, 0.1) is 24.3 Å². The number of halogens is 2. The Hall–Kier alpha value is -1.74. The van der Waals surface area contributed by atoms with E-state index >= 15 is 0 Å². The van der Waals surface area contributed by atoms with Crippen LogP contribution in [-0.2, 0) is 6.54 Å². The highest BCUT2D eigenvalue weighted by molar-refractivity contribution is 9.10. The standard InChI is InChI=1S/C16H14BrFN2O/c17-14-3-1-2-12(7-14)16(10-21)20-9-13-5-4-11(8-19)6-15(13)18/h1-7,16,20-21H,9-10H2. The zero-order valence-electron chi connectivity index (χ0n) is 11.2. The van der Waals surface area contributed by atoms with Crippen LogP contribution in [0.15, 0.2) is 46.9 Å². The first-order chi connectivity index (χ1) is 10.1. The zero-order valence-corrected chi connectivity index (χ0v) is 12.8. The largest absolute Gasteiger partial charge is 0.394 e. The summed E-state index contributed by atoms with van der Waals surface area (Å²) in [4.78, 5) is 0. The first kappa shape index (κ1) is 15.6. The summed E-state index contributed by atoms with van der Waals surface area (Å²) in [5, 5.41) is 21.3. The van der Waals surface area contributed by atoms with E-state index in [1.165, 1.54) is 6.07 Å². The molecule has 108 valence electrons. The van der Waals surface area contributed by atoms with Crippen LogP contribution in [0.1, 0.15) is 22.7 Å². The summed E-state index contributed by atoms with van der Waals surface area (Å²) in [6, 6.07) is 13.6. The van der Waals surface area contributed by atoms with E-state index in [1.807, 2.05) is 30.3 Å². The molecule has 0 aliphatic rings. The molecule has 21 heavy (non-hydrogen) atoms. The predicted molar refractivity (Wildman–Crippen MR) is 81.9 cm³/mol. The number of hydrogen-bond acceptors (Lipinski definition) is 3. The van der Waals surface area contributed by atoms with Gasteiger partial charge in [-0.25, -0.2) is 4.39 Å². The Morgan fingerprint density at radius 1 is 1.29 bits per heavy atom. The van der Waals surface area contributed by atoms with Crippen molar-refractivity contribution in [1.29, 1.82) is 5.26 Å². The van der Waals surface area contributed by atoms with Gasteiger partial charge < -0.3 is 10.4 Å². The van der Waals surface area contributed by atoms with E-state index in [-0.39, 0.29) is 19.2 Å². The second-order valence-corrected chi connectivity index (χ2v) is 5.50. The molecule has 0 saturated carbocycles. The van der Waals surface area contributed by atoms with E-state index in [9.17, 15) is 9.50 Å². The molecule has 3 nitrogen and oxygen atoms in total. The lowest BCUT2D eigenvalue weighted by atomic mass is 10.1. The molecule has 2 rings (SSSR count). The van der Waals surface area contributed by atoms with E-state index in [0.717, 1.165) is 10.0 Å². The molecular weight excluding hydrogens is 335 g/mol. The Bertz CT molecular complexity index is 670. The number of nitrogens with one attached hydrogen (secondary N) is 1. The Morgan fingerprint density at radius 3 is 2.71 bits per heavy atom. The number of benzene rings is 2. The summed E-state index contributed by atoms with van der Waals surface area (Å²) in [6.45, 7) is 0.184. The molecule has 0 aliphatic heterocycles. The van der Waals surface area contributed by atoms with E-state index in [0.29, 0.717) is 11.1 Å². The van der Waals surface area contributed by atoms with Gasteiger partial charge in [-0.2, -0.15) is 5.26 Å². The van der Waals surface area contributed by atoms with Crippen LogP contribution in [0, 0.1) is 17.1 Å². The molecule has 0 saturated heterocycles. The molecule has 5 heteroatoms. The van der Waals surface area contributed by atoms with Gasteiger partial charge in [0.2, 0.25) is 0 Å². The minimum absolute atomic E-state index is 0.0889. The van der Waals surface area contributed by atoms with Crippen LogP contribution in [0.25, 0.3) is 0 Å². The number of nitriles is 1. The van der Waals surface area contributed by atoms with Crippen molar-refractivity contribution in [3.63, 3.8) is 0 Å². The van der Waals surface area contributed by atoms with Crippen molar-refractivity contribution in [2.75, 3.05) is 6.61 Å². The van der Waals surface area contributed by atoms with Gasteiger partial charge in [0, 0.05) is 16.6 Å². The van der Waals surface area contributed by atoms with Crippen LogP contribution in [0.4, 0.5) is 4.39 Å².